The highest BCUT2D eigenvalue weighted by Gasteiger charge is 2.21. The summed E-state index contributed by atoms with van der Waals surface area (Å²) in [5, 5.41) is 3.43. The molecule has 1 saturated carbocycles. The first-order valence-electron chi connectivity index (χ1n) is 8.22. The lowest BCUT2D eigenvalue weighted by Crippen LogP contribution is -2.21. The van der Waals surface area contributed by atoms with Gasteiger partial charge in [0.2, 0.25) is 0 Å². The molecular formula is C16H31NO2. The fraction of sp³-hybridized carbons (Fsp3) is 0.938. The van der Waals surface area contributed by atoms with E-state index in [-0.39, 0.29) is 11.9 Å². The van der Waals surface area contributed by atoms with Crippen molar-refractivity contribution in [2.24, 2.45) is 5.92 Å². The second-order valence-corrected chi connectivity index (χ2v) is 5.67. The molecule has 0 radical (unpaired) electrons. The van der Waals surface area contributed by atoms with Crippen LogP contribution in [0.15, 0.2) is 0 Å². The number of nitrogens with one attached hydrogen (secondary N) is 1. The lowest BCUT2D eigenvalue weighted by atomic mass is 9.89. The van der Waals surface area contributed by atoms with E-state index in [1.165, 1.54) is 38.5 Å². The largest absolute Gasteiger partial charge is 0.465 e. The Kier molecular flexibility index (Phi) is 9.78. The van der Waals surface area contributed by atoms with Crippen LogP contribution in [0.1, 0.15) is 71.1 Å². The Hall–Kier alpha value is -0.570. The number of unbranched alkanes of at least 4 members (excludes halogenated alkanes) is 3. The van der Waals surface area contributed by atoms with Crippen LogP contribution in [0.5, 0.6) is 0 Å². The monoisotopic (exact) mass is 269 g/mol. The van der Waals surface area contributed by atoms with E-state index in [1.807, 2.05) is 0 Å². The van der Waals surface area contributed by atoms with Crippen LogP contribution in [0.3, 0.4) is 0 Å². The molecule has 0 heterocycles. The highest BCUT2D eigenvalue weighted by molar-refractivity contribution is 5.72. The third-order valence-corrected chi connectivity index (χ3v) is 3.89. The second kappa shape index (κ2) is 11.3. The zero-order valence-corrected chi connectivity index (χ0v) is 12.6. The molecular weight excluding hydrogens is 238 g/mol. The fourth-order valence-electron chi connectivity index (χ4n) is 2.58. The molecule has 1 N–H and O–H groups in total. The highest BCUT2D eigenvalue weighted by Crippen LogP contribution is 2.24. The summed E-state index contributed by atoms with van der Waals surface area (Å²) in [4.78, 5) is 11.8. The topological polar surface area (TPSA) is 38.3 Å². The summed E-state index contributed by atoms with van der Waals surface area (Å²) < 4.78 is 5.37. The molecule has 0 aromatic rings. The van der Waals surface area contributed by atoms with Gasteiger partial charge in [-0.2, -0.15) is 0 Å². The Labute approximate surface area is 118 Å². The van der Waals surface area contributed by atoms with E-state index in [4.69, 9.17) is 4.74 Å². The van der Waals surface area contributed by atoms with Crippen molar-refractivity contribution in [1.29, 1.82) is 0 Å². The van der Waals surface area contributed by atoms with E-state index in [1.54, 1.807) is 0 Å². The molecule has 112 valence electrons. The molecule has 0 amide bonds. The van der Waals surface area contributed by atoms with Crippen molar-refractivity contribution < 1.29 is 9.53 Å². The third kappa shape index (κ3) is 8.25. The van der Waals surface area contributed by atoms with E-state index in [2.05, 4.69) is 12.2 Å². The van der Waals surface area contributed by atoms with Gasteiger partial charge >= 0.3 is 5.97 Å². The van der Waals surface area contributed by atoms with E-state index >= 15 is 0 Å². The number of carbonyl (C=O) groups is 1. The van der Waals surface area contributed by atoms with Crippen LogP contribution in [0.2, 0.25) is 0 Å². The van der Waals surface area contributed by atoms with Crippen molar-refractivity contribution in [3.63, 3.8) is 0 Å². The Balaban J connectivity index is 1.86. The van der Waals surface area contributed by atoms with Gasteiger partial charge in [-0.3, -0.25) is 4.79 Å². The maximum Gasteiger partial charge on any atom is 0.308 e. The third-order valence-electron chi connectivity index (χ3n) is 3.89. The summed E-state index contributed by atoms with van der Waals surface area (Å²) >= 11 is 0. The van der Waals surface area contributed by atoms with E-state index < -0.39 is 0 Å². The molecule has 3 nitrogen and oxygen atoms in total. The van der Waals surface area contributed by atoms with E-state index in [0.29, 0.717) is 6.61 Å². The molecule has 0 spiro atoms. The Morgan fingerprint density at radius 2 is 1.79 bits per heavy atom. The lowest BCUT2D eigenvalue weighted by Gasteiger charge is -2.19. The van der Waals surface area contributed by atoms with Crippen LogP contribution in [0.4, 0.5) is 0 Å². The van der Waals surface area contributed by atoms with Crippen LogP contribution in [-0.4, -0.2) is 25.7 Å². The zero-order chi connectivity index (χ0) is 13.8. The van der Waals surface area contributed by atoms with Crippen molar-refractivity contribution >= 4 is 5.97 Å². The van der Waals surface area contributed by atoms with Gasteiger partial charge in [0.05, 0.1) is 12.5 Å². The highest BCUT2D eigenvalue weighted by atomic mass is 16.5. The van der Waals surface area contributed by atoms with E-state index in [0.717, 1.165) is 38.8 Å². The fourth-order valence-corrected chi connectivity index (χ4v) is 2.58. The first-order valence-corrected chi connectivity index (χ1v) is 8.22. The minimum Gasteiger partial charge on any atom is -0.465 e. The lowest BCUT2D eigenvalue weighted by molar-refractivity contribution is -0.149. The molecule has 0 unspecified atom stereocenters. The number of hydrogen-bond acceptors (Lipinski definition) is 3. The van der Waals surface area contributed by atoms with Crippen LogP contribution < -0.4 is 5.32 Å². The summed E-state index contributed by atoms with van der Waals surface area (Å²) in [6.45, 7) is 5.05. The van der Waals surface area contributed by atoms with Gasteiger partial charge in [-0.1, -0.05) is 32.6 Å². The van der Waals surface area contributed by atoms with Crippen molar-refractivity contribution in [2.75, 3.05) is 19.7 Å². The summed E-state index contributed by atoms with van der Waals surface area (Å²) in [6, 6.07) is 0. The number of rotatable bonds is 10. The maximum absolute atomic E-state index is 11.8. The van der Waals surface area contributed by atoms with Gasteiger partial charge in [0.25, 0.3) is 0 Å². The number of hydrogen-bond donors (Lipinski definition) is 1. The molecule has 0 saturated heterocycles. The predicted octanol–water partition coefficient (Wildman–Crippen LogP) is 3.67. The smallest absolute Gasteiger partial charge is 0.308 e. The molecule has 1 aliphatic rings. The molecule has 0 atom stereocenters. The maximum atomic E-state index is 11.8. The van der Waals surface area contributed by atoms with Gasteiger partial charge in [0.1, 0.15) is 0 Å². The molecule has 0 aliphatic heterocycles. The minimum absolute atomic E-state index is 0.0563. The minimum atomic E-state index is 0.0563. The quantitative estimate of drug-likeness (QED) is 0.486. The van der Waals surface area contributed by atoms with Crippen LogP contribution in [0, 0.1) is 5.92 Å². The molecule has 1 fully saturated rings. The first-order chi connectivity index (χ1) is 9.34. The van der Waals surface area contributed by atoms with Crippen molar-refractivity contribution in [1.82, 2.24) is 5.32 Å². The van der Waals surface area contributed by atoms with Gasteiger partial charge in [0.15, 0.2) is 0 Å². The van der Waals surface area contributed by atoms with Gasteiger partial charge in [-0.15, -0.1) is 0 Å². The molecule has 0 aromatic heterocycles. The molecule has 3 heteroatoms. The average molecular weight is 269 g/mol. The Bertz CT molecular complexity index is 225. The average Bonchev–Trinajstić information content (AvgIpc) is 2.46. The van der Waals surface area contributed by atoms with Gasteiger partial charge in [0, 0.05) is 0 Å². The van der Waals surface area contributed by atoms with Crippen molar-refractivity contribution in [3.05, 3.63) is 0 Å². The standard InChI is InChI=1S/C16H31NO2/c1-2-3-12-17-13-8-5-9-14-19-16(18)15-10-6-4-7-11-15/h15,17H,2-14H2,1H3. The Morgan fingerprint density at radius 1 is 1.05 bits per heavy atom. The molecule has 0 bridgehead atoms. The van der Waals surface area contributed by atoms with Crippen LogP contribution in [0.25, 0.3) is 0 Å². The predicted molar refractivity (Wildman–Crippen MR) is 79.2 cm³/mol. The summed E-state index contributed by atoms with van der Waals surface area (Å²) in [5.74, 6) is 0.255. The normalized spacial score (nSPS) is 16.5. The van der Waals surface area contributed by atoms with E-state index in [9.17, 15) is 4.79 Å². The summed E-state index contributed by atoms with van der Waals surface area (Å²) in [6.07, 6.45) is 11.6. The zero-order valence-electron chi connectivity index (χ0n) is 12.6. The summed E-state index contributed by atoms with van der Waals surface area (Å²) in [7, 11) is 0. The number of carbonyl (C=O) groups excluding carboxylic acids is 1. The van der Waals surface area contributed by atoms with Gasteiger partial charge in [-0.05, 0) is 51.6 Å². The molecule has 19 heavy (non-hydrogen) atoms. The molecule has 1 rings (SSSR count). The van der Waals surface area contributed by atoms with Crippen LogP contribution in [-0.2, 0) is 9.53 Å². The SMILES string of the molecule is CCCCNCCCCCOC(=O)C1CCCCC1. The first kappa shape index (κ1) is 16.5. The molecule has 1 aliphatic carbocycles. The van der Waals surface area contributed by atoms with Gasteiger partial charge in [-0.25, -0.2) is 0 Å². The number of ether oxygens (including phenoxy) is 1. The Morgan fingerprint density at radius 3 is 2.53 bits per heavy atom. The number of esters is 1. The van der Waals surface area contributed by atoms with Crippen molar-refractivity contribution in [3.8, 4) is 0 Å². The molecule has 0 aromatic carbocycles. The second-order valence-electron chi connectivity index (χ2n) is 5.67. The summed E-state index contributed by atoms with van der Waals surface area (Å²) in [5.41, 5.74) is 0. The van der Waals surface area contributed by atoms with Crippen LogP contribution >= 0.6 is 0 Å². The van der Waals surface area contributed by atoms with Gasteiger partial charge < -0.3 is 10.1 Å². The van der Waals surface area contributed by atoms with Crippen molar-refractivity contribution in [2.45, 2.75) is 71.1 Å².